The van der Waals surface area contributed by atoms with Gasteiger partial charge in [0.05, 0.1) is 14.2 Å². The van der Waals surface area contributed by atoms with Gasteiger partial charge >= 0.3 is 0 Å². The number of likely N-dealkylation sites (N-methyl/N-ethyl adjacent to an activating group) is 1. The van der Waals surface area contributed by atoms with Crippen LogP contribution in [-0.2, 0) is 4.79 Å². The van der Waals surface area contributed by atoms with E-state index < -0.39 is 0 Å². The number of nitrogens with zero attached hydrogens (tertiary/aromatic N) is 1. The number of methoxy groups -OCH3 is 2. The number of piperidine rings is 1. The third-order valence-electron chi connectivity index (χ3n) is 4.38. The first-order chi connectivity index (χ1) is 12.6. The van der Waals surface area contributed by atoms with Gasteiger partial charge in [-0.3, -0.25) is 9.69 Å². The van der Waals surface area contributed by atoms with Gasteiger partial charge in [-0.2, -0.15) is 0 Å². The standard InChI is InChI=1S/C22H23NO3/c1-23-14-18(12-16-4-8-20(25-2)9-5-16)22(24)19(15-23)13-17-6-10-21(26-3)11-7-17/h4-13H,14-15H2,1-3H3/b18-12+,19-13+. The van der Waals surface area contributed by atoms with Crippen LogP contribution in [0, 0.1) is 0 Å². The number of benzene rings is 2. The fraction of sp³-hybridized carbons (Fsp3) is 0.227. The highest BCUT2D eigenvalue weighted by molar-refractivity contribution is 6.14. The molecule has 2 aromatic rings. The molecule has 3 rings (SSSR count). The van der Waals surface area contributed by atoms with E-state index in [-0.39, 0.29) is 5.78 Å². The summed E-state index contributed by atoms with van der Waals surface area (Å²) in [6.07, 6.45) is 3.92. The maximum absolute atomic E-state index is 12.9. The Morgan fingerprint density at radius 3 is 1.50 bits per heavy atom. The minimum Gasteiger partial charge on any atom is -0.497 e. The van der Waals surface area contributed by atoms with Crippen LogP contribution in [0.25, 0.3) is 12.2 Å². The summed E-state index contributed by atoms with van der Waals surface area (Å²) in [5.41, 5.74) is 3.58. The molecule has 1 saturated heterocycles. The largest absolute Gasteiger partial charge is 0.497 e. The molecule has 4 heteroatoms. The summed E-state index contributed by atoms with van der Waals surface area (Å²) in [6, 6.07) is 15.4. The van der Waals surface area contributed by atoms with Gasteiger partial charge in [0.25, 0.3) is 0 Å². The Labute approximate surface area is 154 Å². The number of hydrogen-bond donors (Lipinski definition) is 0. The van der Waals surface area contributed by atoms with Crippen molar-refractivity contribution < 1.29 is 14.3 Å². The van der Waals surface area contributed by atoms with E-state index in [2.05, 4.69) is 4.90 Å². The Balaban J connectivity index is 1.86. The molecule has 0 unspecified atom stereocenters. The predicted molar refractivity (Wildman–Crippen MR) is 104 cm³/mol. The van der Waals surface area contributed by atoms with Gasteiger partial charge in [0.1, 0.15) is 11.5 Å². The lowest BCUT2D eigenvalue weighted by atomic mass is 9.94. The monoisotopic (exact) mass is 349 g/mol. The van der Waals surface area contributed by atoms with E-state index in [4.69, 9.17) is 9.47 Å². The molecule has 1 fully saturated rings. The zero-order valence-corrected chi connectivity index (χ0v) is 15.4. The Morgan fingerprint density at radius 1 is 0.769 bits per heavy atom. The quantitative estimate of drug-likeness (QED) is 0.789. The van der Waals surface area contributed by atoms with Crippen LogP contribution >= 0.6 is 0 Å². The lowest BCUT2D eigenvalue weighted by Crippen LogP contribution is -2.34. The fourth-order valence-electron chi connectivity index (χ4n) is 3.01. The van der Waals surface area contributed by atoms with Crippen molar-refractivity contribution in [1.29, 1.82) is 0 Å². The van der Waals surface area contributed by atoms with Crippen LogP contribution in [0.15, 0.2) is 59.7 Å². The summed E-state index contributed by atoms with van der Waals surface area (Å²) >= 11 is 0. The summed E-state index contributed by atoms with van der Waals surface area (Å²) < 4.78 is 10.4. The highest BCUT2D eigenvalue weighted by atomic mass is 16.5. The smallest absolute Gasteiger partial charge is 0.187 e. The van der Waals surface area contributed by atoms with E-state index in [0.29, 0.717) is 13.1 Å². The highest BCUT2D eigenvalue weighted by Crippen LogP contribution is 2.23. The summed E-state index contributed by atoms with van der Waals surface area (Å²) in [6.45, 7) is 1.29. The molecule has 0 amide bonds. The summed E-state index contributed by atoms with van der Waals surface area (Å²) in [4.78, 5) is 15.1. The van der Waals surface area contributed by atoms with E-state index in [1.54, 1.807) is 14.2 Å². The predicted octanol–water partition coefficient (Wildman–Crippen LogP) is 3.69. The molecule has 4 nitrogen and oxygen atoms in total. The van der Waals surface area contributed by atoms with Crippen LogP contribution < -0.4 is 9.47 Å². The molecule has 1 aliphatic rings. The molecule has 2 aromatic carbocycles. The molecule has 26 heavy (non-hydrogen) atoms. The topological polar surface area (TPSA) is 38.8 Å². The van der Waals surface area contributed by atoms with Gasteiger partial charge in [-0.15, -0.1) is 0 Å². The third kappa shape index (κ3) is 4.21. The van der Waals surface area contributed by atoms with E-state index >= 15 is 0 Å². The second-order valence-corrected chi connectivity index (χ2v) is 6.39. The lowest BCUT2D eigenvalue weighted by molar-refractivity contribution is -0.113. The van der Waals surface area contributed by atoms with Crippen molar-refractivity contribution in [2.24, 2.45) is 0 Å². The maximum atomic E-state index is 12.9. The molecule has 0 radical (unpaired) electrons. The van der Waals surface area contributed by atoms with E-state index in [0.717, 1.165) is 33.8 Å². The number of ether oxygens (including phenoxy) is 2. The van der Waals surface area contributed by atoms with Crippen molar-refractivity contribution in [2.75, 3.05) is 34.4 Å². The van der Waals surface area contributed by atoms with Gasteiger partial charge < -0.3 is 9.47 Å². The minimum atomic E-state index is 0.106. The normalized spacial score (nSPS) is 18.3. The molecule has 0 aliphatic carbocycles. The van der Waals surface area contributed by atoms with Crippen molar-refractivity contribution in [3.8, 4) is 11.5 Å². The highest BCUT2D eigenvalue weighted by Gasteiger charge is 2.23. The number of likely N-dealkylation sites (tertiary alicyclic amines) is 1. The average molecular weight is 349 g/mol. The Bertz CT molecular complexity index is 763. The van der Waals surface area contributed by atoms with Gasteiger partial charge in [0.15, 0.2) is 5.78 Å². The van der Waals surface area contributed by atoms with E-state index in [9.17, 15) is 4.79 Å². The maximum Gasteiger partial charge on any atom is 0.187 e. The second kappa shape index (κ2) is 8.02. The van der Waals surface area contributed by atoms with Crippen molar-refractivity contribution in [1.82, 2.24) is 4.90 Å². The molecule has 1 aliphatic heterocycles. The first kappa shape index (κ1) is 18.0. The molecule has 0 bridgehead atoms. The number of ketones is 1. The van der Waals surface area contributed by atoms with Crippen LogP contribution in [0.2, 0.25) is 0 Å². The van der Waals surface area contributed by atoms with Crippen LogP contribution in [-0.4, -0.2) is 45.0 Å². The SMILES string of the molecule is COc1ccc(/C=C2\CN(C)C/C(=C\c3ccc(OC)cc3)C2=O)cc1. The third-order valence-corrected chi connectivity index (χ3v) is 4.38. The molecule has 0 aromatic heterocycles. The summed E-state index contributed by atoms with van der Waals surface area (Å²) in [5, 5.41) is 0. The molecule has 0 spiro atoms. The number of rotatable bonds is 4. The van der Waals surface area contributed by atoms with Crippen LogP contribution in [0.5, 0.6) is 11.5 Å². The van der Waals surface area contributed by atoms with Crippen LogP contribution in [0.3, 0.4) is 0 Å². The first-order valence-electron chi connectivity index (χ1n) is 8.51. The van der Waals surface area contributed by atoms with Gasteiger partial charge in [0, 0.05) is 24.2 Å². The Morgan fingerprint density at radius 2 is 1.15 bits per heavy atom. The number of hydrogen-bond acceptors (Lipinski definition) is 4. The van der Waals surface area contributed by atoms with Gasteiger partial charge in [-0.25, -0.2) is 0 Å². The molecule has 0 saturated carbocycles. The number of carbonyl (C=O) groups is 1. The lowest BCUT2D eigenvalue weighted by Gasteiger charge is -2.26. The zero-order valence-electron chi connectivity index (χ0n) is 15.4. The molecule has 134 valence electrons. The first-order valence-corrected chi connectivity index (χ1v) is 8.51. The number of carbonyl (C=O) groups excluding carboxylic acids is 1. The average Bonchev–Trinajstić information content (AvgIpc) is 2.66. The zero-order chi connectivity index (χ0) is 18.5. The Kier molecular flexibility index (Phi) is 5.54. The van der Waals surface area contributed by atoms with Crippen LogP contribution in [0.4, 0.5) is 0 Å². The van der Waals surface area contributed by atoms with Crippen molar-refractivity contribution >= 4 is 17.9 Å². The Hall–Kier alpha value is -2.85. The van der Waals surface area contributed by atoms with Crippen molar-refractivity contribution in [3.63, 3.8) is 0 Å². The minimum absolute atomic E-state index is 0.106. The number of Topliss-reactive ketones (excluding diaryl/α,β-unsaturated/α-hetero) is 1. The summed E-state index contributed by atoms with van der Waals surface area (Å²) in [5.74, 6) is 1.72. The molecule has 1 heterocycles. The molecular weight excluding hydrogens is 326 g/mol. The van der Waals surface area contributed by atoms with E-state index in [1.165, 1.54) is 0 Å². The molecule has 0 atom stereocenters. The van der Waals surface area contributed by atoms with Crippen LogP contribution in [0.1, 0.15) is 11.1 Å². The second-order valence-electron chi connectivity index (χ2n) is 6.39. The molecule has 0 N–H and O–H groups in total. The van der Waals surface area contributed by atoms with Gasteiger partial charge in [-0.1, -0.05) is 24.3 Å². The summed E-state index contributed by atoms with van der Waals surface area (Å²) in [7, 11) is 5.31. The van der Waals surface area contributed by atoms with Gasteiger partial charge in [-0.05, 0) is 54.6 Å². The fourth-order valence-corrected chi connectivity index (χ4v) is 3.01. The molecular formula is C22H23NO3. The van der Waals surface area contributed by atoms with E-state index in [1.807, 2.05) is 67.7 Å². The van der Waals surface area contributed by atoms with Crippen molar-refractivity contribution in [2.45, 2.75) is 0 Å². The van der Waals surface area contributed by atoms with Gasteiger partial charge in [0.2, 0.25) is 0 Å². The van der Waals surface area contributed by atoms with Crippen molar-refractivity contribution in [3.05, 3.63) is 70.8 Å².